The van der Waals surface area contributed by atoms with Crippen molar-refractivity contribution in [3.8, 4) is 0 Å². The molecule has 5 heteroatoms. The van der Waals surface area contributed by atoms with Crippen molar-refractivity contribution in [2.45, 2.75) is 33.1 Å². The van der Waals surface area contributed by atoms with Crippen LogP contribution in [0.1, 0.15) is 41.1 Å². The number of anilines is 2. The highest BCUT2D eigenvalue weighted by Gasteiger charge is 2.17. The molecule has 1 aliphatic rings. The molecule has 3 rings (SSSR count). The standard InChI is InChI=1S/C18H22N4O/c1-13-8-4-5-9-15(13)21-18(23)16-12-17(20-14(2)19-16)22-10-6-3-7-11-22/h4-5,8-9,12H,3,6-7,10-11H2,1-2H3,(H,21,23). The van der Waals surface area contributed by atoms with Gasteiger partial charge in [0.1, 0.15) is 17.3 Å². The molecule has 0 saturated carbocycles. The molecule has 0 atom stereocenters. The average Bonchev–Trinajstić information content (AvgIpc) is 2.57. The van der Waals surface area contributed by atoms with Crippen molar-refractivity contribution in [2.24, 2.45) is 0 Å². The zero-order chi connectivity index (χ0) is 16.2. The van der Waals surface area contributed by atoms with Crippen molar-refractivity contribution < 1.29 is 4.79 Å². The maximum Gasteiger partial charge on any atom is 0.274 e. The van der Waals surface area contributed by atoms with Crippen LogP contribution >= 0.6 is 0 Å². The average molecular weight is 310 g/mol. The highest BCUT2D eigenvalue weighted by molar-refractivity contribution is 6.03. The van der Waals surface area contributed by atoms with Gasteiger partial charge in [-0.05, 0) is 44.7 Å². The molecule has 1 saturated heterocycles. The number of benzene rings is 1. The summed E-state index contributed by atoms with van der Waals surface area (Å²) >= 11 is 0. The number of hydrogen-bond donors (Lipinski definition) is 1. The van der Waals surface area contributed by atoms with Gasteiger partial charge in [-0.1, -0.05) is 18.2 Å². The predicted molar refractivity (Wildman–Crippen MR) is 92.0 cm³/mol. The molecule has 23 heavy (non-hydrogen) atoms. The number of aromatic nitrogens is 2. The summed E-state index contributed by atoms with van der Waals surface area (Å²) in [6.45, 7) is 5.79. The Morgan fingerprint density at radius 1 is 1.09 bits per heavy atom. The molecule has 5 nitrogen and oxygen atoms in total. The molecule has 1 N–H and O–H groups in total. The van der Waals surface area contributed by atoms with Crippen LogP contribution in [0.15, 0.2) is 30.3 Å². The quantitative estimate of drug-likeness (QED) is 0.944. The molecule has 1 amide bonds. The van der Waals surface area contributed by atoms with E-state index in [1.807, 2.05) is 38.1 Å². The van der Waals surface area contributed by atoms with E-state index in [2.05, 4.69) is 20.2 Å². The zero-order valence-corrected chi connectivity index (χ0v) is 13.7. The lowest BCUT2D eigenvalue weighted by molar-refractivity contribution is 0.102. The van der Waals surface area contributed by atoms with Gasteiger partial charge in [0.15, 0.2) is 0 Å². The summed E-state index contributed by atoms with van der Waals surface area (Å²) in [4.78, 5) is 23.6. The fourth-order valence-electron chi connectivity index (χ4n) is 2.85. The molecule has 0 unspecified atom stereocenters. The van der Waals surface area contributed by atoms with Crippen LogP contribution in [0.2, 0.25) is 0 Å². The number of para-hydroxylation sites is 1. The van der Waals surface area contributed by atoms with E-state index in [0.717, 1.165) is 30.2 Å². The molecule has 0 aliphatic carbocycles. The molecule has 2 aromatic rings. The second-order valence-corrected chi connectivity index (χ2v) is 5.98. The van der Waals surface area contributed by atoms with Gasteiger partial charge in [-0.3, -0.25) is 4.79 Å². The van der Waals surface area contributed by atoms with Gasteiger partial charge in [0.05, 0.1) is 0 Å². The Hall–Kier alpha value is -2.43. The third-order valence-electron chi connectivity index (χ3n) is 4.13. The summed E-state index contributed by atoms with van der Waals surface area (Å²) in [5.74, 6) is 1.29. The molecule has 0 bridgehead atoms. The number of nitrogens with one attached hydrogen (secondary N) is 1. The van der Waals surface area contributed by atoms with Gasteiger partial charge < -0.3 is 10.2 Å². The molecule has 1 fully saturated rings. The van der Waals surface area contributed by atoms with Crippen LogP contribution in [0.5, 0.6) is 0 Å². The minimum Gasteiger partial charge on any atom is -0.356 e. The second-order valence-electron chi connectivity index (χ2n) is 5.98. The van der Waals surface area contributed by atoms with Crippen LogP contribution in [0.4, 0.5) is 11.5 Å². The minimum absolute atomic E-state index is 0.192. The van der Waals surface area contributed by atoms with Gasteiger partial charge in [-0.25, -0.2) is 9.97 Å². The number of amides is 1. The normalized spacial score (nSPS) is 14.6. The smallest absolute Gasteiger partial charge is 0.274 e. The number of carbonyl (C=O) groups is 1. The van der Waals surface area contributed by atoms with Crippen molar-refractivity contribution in [3.63, 3.8) is 0 Å². The summed E-state index contributed by atoms with van der Waals surface area (Å²) in [7, 11) is 0. The molecular formula is C18H22N4O. The molecule has 0 radical (unpaired) electrons. The highest BCUT2D eigenvalue weighted by atomic mass is 16.1. The first-order valence-electron chi connectivity index (χ1n) is 8.11. The number of rotatable bonds is 3. The maximum atomic E-state index is 12.5. The first-order chi connectivity index (χ1) is 11.1. The Kier molecular flexibility index (Phi) is 4.55. The number of hydrogen-bond acceptors (Lipinski definition) is 4. The van der Waals surface area contributed by atoms with E-state index in [1.165, 1.54) is 19.3 Å². The van der Waals surface area contributed by atoms with Crippen LogP contribution in [0.3, 0.4) is 0 Å². The molecule has 1 aliphatic heterocycles. The first kappa shape index (κ1) is 15.5. The van der Waals surface area contributed by atoms with Crippen molar-refractivity contribution in [1.29, 1.82) is 0 Å². The number of carbonyl (C=O) groups excluding carboxylic acids is 1. The lowest BCUT2D eigenvalue weighted by atomic mass is 10.1. The monoisotopic (exact) mass is 310 g/mol. The Balaban J connectivity index is 1.83. The van der Waals surface area contributed by atoms with E-state index < -0.39 is 0 Å². The molecular weight excluding hydrogens is 288 g/mol. The highest BCUT2D eigenvalue weighted by Crippen LogP contribution is 2.20. The number of piperidine rings is 1. The largest absolute Gasteiger partial charge is 0.356 e. The minimum atomic E-state index is -0.192. The van der Waals surface area contributed by atoms with E-state index in [9.17, 15) is 4.79 Å². The van der Waals surface area contributed by atoms with Gasteiger partial charge in [0.25, 0.3) is 5.91 Å². The van der Waals surface area contributed by atoms with Gasteiger partial charge in [0.2, 0.25) is 0 Å². The van der Waals surface area contributed by atoms with E-state index in [-0.39, 0.29) is 5.91 Å². The van der Waals surface area contributed by atoms with E-state index in [1.54, 1.807) is 6.07 Å². The van der Waals surface area contributed by atoms with Gasteiger partial charge in [-0.15, -0.1) is 0 Å². The van der Waals surface area contributed by atoms with Crippen molar-refractivity contribution in [3.05, 3.63) is 47.4 Å². The van der Waals surface area contributed by atoms with Crippen LogP contribution in [0.25, 0.3) is 0 Å². The third kappa shape index (κ3) is 3.67. The van der Waals surface area contributed by atoms with Crippen molar-refractivity contribution in [1.82, 2.24) is 9.97 Å². The summed E-state index contributed by atoms with van der Waals surface area (Å²) in [5, 5.41) is 2.94. The van der Waals surface area contributed by atoms with E-state index in [0.29, 0.717) is 11.5 Å². The van der Waals surface area contributed by atoms with Crippen LogP contribution in [0, 0.1) is 13.8 Å². The fraction of sp³-hybridized carbons (Fsp3) is 0.389. The maximum absolute atomic E-state index is 12.5. The molecule has 0 spiro atoms. The molecule has 120 valence electrons. The zero-order valence-electron chi connectivity index (χ0n) is 13.7. The lowest BCUT2D eigenvalue weighted by Gasteiger charge is -2.28. The van der Waals surface area contributed by atoms with Crippen molar-refractivity contribution in [2.75, 3.05) is 23.3 Å². The molecule has 2 heterocycles. The number of nitrogens with zero attached hydrogens (tertiary/aromatic N) is 3. The first-order valence-corrected chi connectivity index (χ1v) is 8.11. The Morgan fingerprint density at radius 3 is 2.57 bits per heavy atom. The van der Waals surface area contributed by atoms with E-state index in [4.69, 9.17) is 0 Å². The van der Waals surface area contributed by atoms with Gasteiger partial charge in [0, 0.05) is 24.8 Å². The van der Waals surface area contributed by atoms with Crippen LogP contribution < -0.4 is 10.2 Å². The van der Waals surface area contributed by atoms with Crippen LogP contribution in [-0.4, -0.2) is 29.0 Å². The summed E-state index contributed by atoms with van der Waals surface area (Å²) in [6.07, 6.45) is 3.61. The molecule has 1 aromatic carbocycles. The Morgan fingerprint density at radius 2 is 1.83 bits per heavy atom. The SMILES string of the molecule is Cc1nc(C(=O)Nc2ccccc2C)cc(N2CCCCC2)n1. The fourth-order valence-corrected chi connectivity index (χ4v) is 2.85. The summed E-state index contributed by atoms with van der Waals surface area (Å²) in [6, 6.07) is 9.53. The second kappa shape index (κ2) is 6.77. The van der Waals surface area contributed by atoms with E-state index >= 15 is 0 Å². The van der Waals surface area contributed by atoms with Crippen molar-refractivity contribution >= 4 is 17.4 Å². The van der Waals surface area contributed by atoms with Crippen LogP contribution in [-0.2, 0) is 0 Å². The molecule has 1 aromatic heterocycles. The topological polar surface area (TPSA) is 58.1 Å². The lowest BCUT2D eigenvalue weighted by Crippen LogP contribution is -2.31. The third-order valence-corrected chi connectivity index (χ3v) is 4.13. The van der Waals surface area contributed by atoms with Gasteiger partial charge in [-0.2, -0.15) is 0 Å². The van der Waals surface area contributed by atoms with Gasteiger partial charge >= 0.3 is 0 Å². The Labute approximate surface area is 136 Å². The summed E-state index contributed by atoms with van der Waals surface area (Å²) < 4.78 is 0. The predicted octanol–water partition coefficient (Wildman–Crippen LogP) is 3.34. The Bertz CT molecular complexity index is 708. The summed E-state index contributed by atoms with van der Waals surface area (Å²) in [5.41, 5.74) is 2.26. The number of aryl methyl sites for hydroxylation is 2.